The van der Waals surface area contributed by atoms with Crippen molar-refractivity contribution in [3.8, 4) is 5.75 Å². The Kier molecular flexibility index (Phi) is 16.2. The average Bonchev–Trinajstić information content (AvgIpc) is 3.32. The van der Waals surface area contributed by atoms with Crippen LogP contribution in [0.3, 0.4) is 0 Å². The molecule has 0 saturated carbocycles. The number of nitrogens with one attached hydrogen (secondary N) is 5. The maximum atomic E-state index is 13.4. The van der Waals surface area contributed by atoms with E-state index in [0.29, 0.717) is 50.4 Å². The lowest BCUT2D eigenvalue weighted by Gasteiger charge is -2.18. The van der Waals surface area contributed by atoms with Gasteiger partial charge in [0.05, 0.1) is 5.69 Å². The second-order valence-electron chi connectivity index (χ2n) is 15.7. The molecule has 7 rings (SSSR count). The molecule has 5 N–H and O–H groups in total. The molecule has 0 fully saturated rings. The van der Waals surface area contributed by atoms with Crippen LogP contribution in [0, 0.1) is 26.6 Å². The van der Waals surface area contributed by atoms with Crippen LogP contribution in [0.15, 0.2) is 108 Å². The van der Waals surface area contributed by atoms with Crippen LogP contribution in [0.4, 0.5) is 10.1 Å². The highest BCUT2D eigenvalue weighted by Gasteiger charge is 2.22. The Balaban J connectivity index is 0.000000228. The van der Waals surface area contributed by atoms with E-state index in [9.17, 15) is 45.2 Å². The Labute approximate surface area is 396 Å². The van der Waals surface area contributed by atoms with E-state index in [1.807, 2.05) is 0 Å². The third-order valence-corrected chi connectivity index (χ3v) is 13.0. The van der Waals surface area contributed by atoms with Crippen LogP contribution in [0.2, 0.25) is 0 Å². The molecule has 69 heavy (non-hydrogen) atoms. The molecule has 2 aromatic heterocycles. The Morgan fingerprint density at radius 1 is 0.594 bits per heavy atom. The molecule has 0 radical (unpaired) electrons. The van der Waals surface area contributed by atoms with Crippen LogP contribution in [0.25, 0.3) is 0 Å². The predicted octanol–water partition coefficient (Wildman–Crippen LogP) is 4.57. The first-order valence-electron chi connectivity index (χ1n) is 20.9. The van der Waals surface area contributed by atoms with Crippen molar-refractivity contribution < 1.29 is 49.9 Å². The maximum absolute atomic E-state index is 13.4. The van der Waals surface area contributed by atoms with Gasteiger partial charge in [-0.05, 0) is 91.8 Å². The molecule has 6 aromatic rings. The molecular weight excluding hydrogens is 934 g/mol. The molecule has 19 nitrogen and oxygen atoms in total. The number of aryl methyl sites for hydroxylation is 3. The fourth-order valence-electron chi connectivity index (χ4n) is 6.79. The van der Waals surface area contributed by atoms with Gasteiger partial charge in [0, 0.05) is 49.4 Å². The van der Waals surface area contributed by atoms with E-state index in [-0.39, 0.29) is 77.5 Å². The number of anilines is 1. The maximum Gasteiger partial charge on any atom is 0.270 e. The van der Waals surface area contributed by atoms with E-state index in [1.54, 1.807) is 87.5 Å². The molecule has 3 heterocycles. The van der Waals surface area contributed by atoms with Crippen molar-refractivity contribution in [2.45, 2.75) is 70.8 Å². The van der Waals surface area contributed by atoms with Gasteiger partial charge in [0.15, 0.2) is 28.2 Å². The number of halogens is 1. The van der Waals surface area contributed by atoms with Crippen LogP contribution in [-0.2, 0) is 51.0 Å². The normalized spacial score (nSPS) is 12.1. The summed E-state index contributed by atoms with van der Waals surface area (Å²) >= 11 is 0. The van der Waals surface area contributed by atoms with Gasteiger partial charge in [0.25, 0.3) is 37.8 Å². The molecule has 0 unspecified atom stereocenters. The summed E-state index contributed by atoms with van der Waals surface area (Å²) in [4.78, 5) is 75.0. The van der Waals surface area contributed by atoms with Crippen LogP contribution < -0.4 is 30.1 Å². The molecule has 1 aliphatic rings. The fourth-order valence-corrected chi connectivity index (χ4v) is 8.70. The van der Waals surface area contributed by atoms with Gasteiger partial charge < -0.3 is 20.7 Å². The van der Waals surface area contributed by atoms with Crippen molar-refractivity contribution >= 4 is 55.0 Å². The Hall–Kier alpha value is -7.66. The van der Waals surface area contributed by atoms with Gasteiger partial charge in [-0.3, -0.25) is 24.0 Å². The van der Waals surface area contributed by atoms with Crippen LogP contribution in [-0.4, -0.2) is 72.7 Å². The Morgan fingerprint density at radius 2 is 1.03 bits per heavy atom. The van der Waals surface area contributed by atoms with Crippen molar-refractivity contribution in [1.82, 2.24) is 40.0 Å². The molecule has 3 amide bonds. The van der Waals surface area contributed by atoms with Gasteiger partial charge in [-0.1, -0.05) is 54.6 Å². The zero-order valence-electron chi connectivity index (χ0n) is 37.8. The summed E-state index contributed by atoms with van der Waals surface area (Å²) in [6.45, 7) is 8.25. The molecular formula is C47H46FN9O10S2. The van der Waals surface area contributed by atoms with Gasteiger partial charge in [-0.15, -0.1) is 0 Å². The van der Waals surface area contributed by atoms with Gasteiger partial charge in [0.1, 0.15) is 35.6 Å². The number of amides is 3. The minimum absolute atomic E-state index is 0.0171. The zero-order chi connectivity index (χ0) is 50.0. The van der Waals surface area contributed by atoms with Crippen LogP contribution in [0.1, 0.15) is 94.5 Å². The number of hydrogen-bond acceptors (Lipinski definition) is 14. The smallest absolute Gasteiger partial charge is 0.270 e. The van der Waals surface area contributed by atoms with Gasteiger partial charge in [-0.2, -0.15) is 0 Å². The monoisotopic (exact) mass is 979 g/mol. The van der Waals surface area contributed by atoms with E-state index in [1.165, 1.54) is 19.9 Å². The topological polar surface area (TPSA) is 275 Å². The van der Waals surface area contributed by atoms with Crippen LogP contribution >= 0.6 is 0 Å². The van der Waals surface area contributed by atoms with Crippen molar-refractivity contribution in [1.29, 1.82) is 0 Å². The number of rotatable bonds is 16. The van der Waals surface area contributed by atoms with Crippen molar-refractivity contribution in [3.05, 3.63) is 165 Å². The molecule has 358 valence electrons. The van der Waals surface area contributed by atoms with Gasteiger partial charge >= 0.3 is 0 Å². The highest BCUT2D eigenvalue weighted by Crippen LogP contribution is 2.28. The minimum Gasteiger partial charge on any atom is -0.482 e. The summed E-state index contributed by atoms with van der Waals surface area (Å²) in [5, 5.41) is 7.28. The van der Waals surface area contributed by atoms with Crippen LogP contribution in [0.5, 0.6) is 5.75 Å². The zero-order valence-corrected chi connectivity index (χ0v) is 39.5. The Bertz CT molecular complexity index is 3230. The number of ether oxygens (including phenoxy) is 1. The SMILES string of the molecule is CC(=O)c1ccc(CNS(=O)(=O)c2cc(C(=O)NCc3ccc(F)c(C)c3)ncn2)cc1C.CC(=O)c1ccc(CNS(=O)(=O)c2cc(C(=O)NCc3ccc4c(c3)NC(=O)CO4)ncn2)cc1C. The molecule has 0 spiro atoms. The first-order chi connectivity index (χ1) is 32.7. The number of fused-ring (bicyclic) bond motifs is 1. The quantitative estimate of drug-likeness (QED) is 0.0657. The second-order valence-corrected chi connectivity index (χ2v) is 19.1. The van der Waals surface area contributed by atoms with E-state index >= 15 is 0 Å². The third-order valence-electron chi connectivity index (χ3n) is 10.4. The number of nitrogens with zero attached hydrogens (tertiary/aromatic N) is 4. The first kappa shape index (κ1) is 50.7. The lowest BCUT2D eigenvalue weighted by Crippen LogP contribution is -2.27. The second kappa shape index (κ2) is 22.0. The summed E-state index contributed by atoms with van der Waals surface area (Å²) in [7, 11) is -8.06. The molecule has 0 saturated heterocycles. The minimum atomic E-state index is -4.04. The van der Waals surface area contributed by atoms with Crippen molar-refractivity contribution in [2.75, 3.05) is 11.9 Å². The van der Waals surface area contributed by atoms with E-state index < -0.39 is 31.9 Å². The molecule has 22 heteroatoms. The number of benzene rings is 4. The molecule has 0 bridgehead atoms. The lowest BCUT2D eigenvalue weighted by molar-refractivity contribution is -0.118. The third kappa shape index (κ3) is 13.5. The largest absolute Gasteiger partial charge is 0.482 e. The number of ketones is 2. The van der Waals surface area contributed by atoms with Crippen molar-refractivity contribution in [2.24, 2.45) is 0 Å². The van der Waals surface area contributed by atoms with E-state index in [4.69, 9.17) is 4.74 Å². The molecule has 4 aromatic carbocycles. The summed E-state index contributed by atoms with van der Waals surface area (Å²) in [6, 6.07) is 21.8. The highest BCUT2D eigenvalue weighted by atomic mass is 32.2. The lowest BCUT2D eigenvalue weighted by atomic mass is 10.0. The number of carbonyl (C=O) groups excluding carboxylic acids is 5. The number of sulfonamides is 2. The fraction of sp³-hybridized carbons (Fsp3) is 0.213. The summed E-state index contributed by atoms with van der Waals surface area (Å²) in [5.74, 6) is -1.40. The summed E-state index contributed by atoms with van der Waals surface area (Å²) in [6.07, 6.45) is 2.00. The predicted molar refractivity (Wildman–Crippen MR) is 249 cm³/mol. The molecule has 0 aliphatic carbocycles. The standard InChI is InChI=1S/C24H23N5O6S.C23H23FN4O4S/c1-14-7-16(3-5-18(14)15(2)30)11-28-36(33,34)23-9-20(26-13-27-23)24(32)25-10-17-4-6-21-19(8-17)29-22(31)12-35-21;1-14-8-18(4-6-19(14)16(3)29)12-28-33(31,32)22-10-21(26-13-27-22)23(30)25-11-17-5-7-20(24)15(2)9-17/h3-9,13,28H,10-12H2,1-2H3,(H,25,32)(H,29,31);4-10,13,28H,11-12H2,1-3H3,(H,25,30). The number of carbonyl (C=O) groups is 5. The van der Waals surface area contributed by atoms with Gasteiger partial charge in [0.2, 0.25) is 0 Å². The number of Topliss-reactive ketones (excluding diaryl/α,β-unsaturated/α-hetero) is 2. The average molecular weight is 980 g/mol. The molecule has 0 atom stereocenters. The summed E-state index contributed by atoms with van der Waals surface area (Å²) < 4.78 is 74.4. The Morgan fingerprint density at radius 3 is 1.49 bits per heavy atom. The number of hydrogen-bond donors (Lipinski definition) is 5. The summed E-state index contributed by atoms with van der Waals surface area (Å²) in [5.41, 5.74) is 6.07. The molecule has 1 aliphatic heterocycles. The van der Waals surface area contributed by atoms with E-state index in [2.05, 4.69) is 45.3 Å². The van der Waals surface area contributed by atoms with Crippen molar-refractivity contribution in [3.63, 3.8) is 0 Å². The first-order valence-corrected chi connectivity index (χ1v) is 23.9. The number of aromatic nitrogens is 4. The highest BCUT2D eigenvalue weighted by molar-refractivity contribution is 7.89. The van der Waals surface area contributed by atoms with Gasteiger partial charge in [-0.25, -0.2) is 50.6 Å². The van der Waals surface area contributed by atoms with E-state index in [0.717, 1.165) is 35.9 Å².